The Morgan fingerprint density at radius 2 is 1.91 bits per heavy atom. The maximum Gasteiger partial charge on any atom is 0.480 e. The fourth-order valence-electron chi connectivity index (χ4n) is 1.43. The van der Waals surface area contributed by atoms with Gasteiger partial charge >= 0.3 is 5.51 Å². The van der Waals surface area contributed by atoms with Crippen LogP contribution in [0.25, 0.3) is 16.1 Å². The second-order valence-corrected chi connectivity index (χ2v) is 5.70. The van der Waals surface area contributed by atoms with Crippen LogP contribution in [0, 0.1) is 0 Å². The topological polar surface area (TPSA) is 90.8 Å². The van der Waals surface area contributed by atoms with Crippen molar-refractivity contribution in [3.8, 4) is 11.4 Å². The quantitative estimate of drug-likeness (QED) is 0.763. The highest BCUT2D eigenvalue weighted by Crippen LogP contribution is 2.27. The van der Waals surface area contributed by atoms with Crippen LogP contribution >= 0.6 is 0 Å². The molecule has 0 fully saturated rings. The van der Waals surface area contributed by atoms with Gasteiger partial charge in [0, 0.05) is 24.0 Å². The van der Waals surface area contributed by atoms with Crippen LogP contribution in [0.2, 0.25) is 0 Å². The summed E-state index contributed by atoms with van der Waals surface area (Å²) in [7, 11) is -5.46. The van der Waals surface area contributed by atoms with Crippen molar-refractivity contribution in [3.63, 3.8) is 0 Å². The molecule has 0 N–H and O–H groups in total. The van der Waals surface area contributed by atoms with E-state index >= 15 is 0 Å². The maximum absolute atomic E-state index is 12.1. The van der Waals surface area contributed by atoms with E-state index in [1.54, 1.807) is 24.5 Å². The van der Waals surface area contributed by atoms with Gasteiger partial charge in [-0.1, -0.05) is 11.2 Å². The number of alkyl halides is 3. The number of rotatable bonds is 5. The van der Waals surface area contributed by atoms with Crippen LogP contribution in [-0.4, -0.2) is 35.5 Å². The van der Waals surface area contributed by atoms with Gasteiger partial charge in [-0.3, -0.25) is 0 Å². The molecule has 2 rings (SSSR count). The van der Waals surface area contributed by atoms with Gasteiger partial charge < -0.3 is 4.72 Å². The molecule has 2 heterocycles. The van der Waals surface area contributed by atoms with Gasteiger partial charge in [0.05, 0.1) is 0 Å². The van der Waals surface area contributed by atoms with Crippen molar-refractivity contribution in [1.82, 2.24) is 15.1 Å². The fraction of sp³-hybridized carbons (Fsp3) is 0.273. The van der Waals surface area contributed by atoms with E-state index < -0.39 is 22.1 Å². The summed E-state index contributed by atoms with van der Waals surface area (Å²) in [6.45, 7) is -0.661. The lowest BCUT2D eigenvalue weighted by atomic mass is 10.3. The van der Waals surface area contributed by atoms with E-state index in [4.69, 9.17) is 0 Å². The zero-order chi connectivity index (χ0) is 16.2. The average Bonchev–Trinajstić information content (AvgIpc) is 2.47. The van der Waals surface area contributed by atoms with Crippen molar-refractivity contribution < 1.29 is 26.3 Å². The highest BCUT2D eigenvalue weighted by molar-refractivity contribution is 7.94. The van der Waals surface area contributed by atoms with E-state index in [-0.39, 0.29) is 6.54 Å². The molecular formula is C11H10F3N5O2S. The SMILES string of the molecule is O=S(=O)([N-]CC[n+]1ccc(-c2ncccn2)cn1)C(F)(F)F. The molecule has 2 aromatic rings. The number of nitrogens with zero attached hydrogens (tertiary/aromatic N) is 5. The van der Waals surface area contributed by atoms with Gasteiger partial charge in [-0.15, -0.1) is 0 Å². The number of aromatic nitrogens is 4. The average molecular weight is 333 g/mol. The molecule has 118 valence electrons. The summed E-state index contributed by atoms with van der Waals surface area (Å²) in [5, 5.41) is 3.94. The smallest absolute Gasteiger partial charge is 0.480 e. The number of hydrogen-bond acceptors (Lipinski definition) is 5. The fourth-order valence-corrected chi connectivity index (χ4v) is 1.90. The van der Waals surface area contributed by atoms with Gasteiger partial charge in [-0.2, -0.15) is 13.2 Å². The van der Waals surface area contributed by atoms with E-state index in [1.807, 2.05) is 0 Å². The first-order chi connectivity index (χ1) is 10.3. The first-order valence-electron chi connectivity index (χ1n) is 5.93. The van der Waals surface area contributed by atoms with Gasteiger partial charge in [-0.05, 0) is 11.2 Å². The molecule has 0 saturated heterocycles. The Labute approximate surface area is 123 Å². The van der Waals surface area contributed by atoms with Gasteiger partial charge in [0.2, 0.25) is 0 Å². The predicted molar refractivity (Wildman–Crippen MR) is 68.7 cm³/mol. The highest BCUT2D eigenvalue weighted by Gasteiger charge is 2.38. The summed E-state index contributed by atoms with van der Waals surface area (Å²) in [6, 6.07) is 3.27. The van der Waals surface area contributed by atoms with Crippen molar-refractivity contribution in [3.05, 3.63) is 41.6 Å². The lowest BCUT2D eigenvalue weighted by Crippen LogP contribution is -2.39. The minimum absolute atomic E-state index is 0.106. The van der Waals surface area contributed by atoms with Crippen molar-refractivity contribution in [2.45, 2.75) is 12.1 Å². The van der Waals surface area contributed by atoms with Crippen LogP contribution in [0.5, 0.6) is 0 Å². The lowest BCUT2D eigenvalue weighted by molar-refractivity contribution is -0.750. The van der Waals surface area contributed by atoms with Gasteiger partial charge in [0.1, 0.15) is 6.20 Å². The summed E-state index contributed by atoms with van der Waals surface area (Å²) in [6.07, 6.45) is 6.02. The van der Waals surface area contributed by atoms with Gasteiger partial charge in [0.15, 0.2) is 28.6 Å². The Morgan fingerprint density at radius 1 is 1.23 bits per heavy atom. The van der Waals surface area contributed by atoms with E-state index in [1.165, 1.54) is 17.1 Å². The zero-order valence-electron chi connectivity index (χ0n) is 11.0. The van der Waals surface area contributed by atoms with Crippen molar-refractivity contribution in [2.24, 2.45) is 0 Å². The number of halogens is 3. The van der Waals surface area contributed by atoms with Crippen LogP contribution in [0.15, 0.2) is 36.9 Å². The van der Waals surface area contributed by atoms with Crippen LogP contribution in [0.3, 0.4) is 0 Å². The van der Waals surface area contributed by atoms with Crippen LogP contribution < -0.4 is 4.68 Å². The Morgan fingerprint density at radius 3 is 2.45 bits per heavy atom. The monoisotopic (exact) mass is 333 g/mol. The Bertz CT molecular complexity index is 720. The molecule has 0 aliphatic rings. The van der Waals surface area contributed by atoms with Crippen LogP contribution in [0.4, 0.5) is 13.2 Å². The molecule has 0 bridgehead atoms. The zero-order valence-corrected chi connectivity index (χ0v) is 11.8. The third kappa shape index (κ3) is 3.95. The number of hydrogen-bond donors (Lipinski definition) is 0. The third-order valence-electron chi connectivity index (χ3n) is 2.48. The van der Waals surface area contributed by atoms with Gasteiger partial charge in [0.25, 0.3) is 0 Å². The highest BCUT2D eigenvalue weighted by atomic mass is 32.2. The molecule has 22 heavy (non-hydrogen) atoms. The molecule has 0 atom stereocenters. The molecule has 0 aromatic carbocycles. The second-order valence-electron chi connectivity index (χ2n) is 4.02. The Balaban J connectivity index is 1.96. The molecule has 0 aliphatic heterocycles. The minimum atomic E-state index is -5.46. The first kappa shape index (κ1) is 16.2. The van der Waals surface area contributed by atoms with Crippen molar-refractivity contribution >= 4 is 10.0 Å². The van der Waals surface area contributed by atoms with Crippen LogP contribution in [-0.2, 0) is 16.6 Å². The standard InChI is InChI=1S/C11H10F3N5O2S/c12-11(13,14)22(20,21)18-5-7-19-6-2-9(8-17-19)10-15-3-1-4-16-10/h1-4,6,8H,5,7H2. The Hall–Kier alpha value is -2.14. The molecule has 11 heteroatoms. The summed E-state index contributed by atoms with van der Waals surface area (Å²) in [5.41, 5.74) is -4.75. The molecule has 0 aliphatic carbocycles. The largest absolute Gasteiger partial charge is 0.536 e. The Kier molecular flexibility index (Phi) is 4.66. The van der Waals surface area contributed by atoms with E-state index in [9.17, 15) is 21.6 Å². The molecule has 0 radical (unpaired) electrons. The van der Waals surface area contributed by atoms with E-state index in [0.717, 1.165) is 0 Å². The van der Waals surface area contributed by atoms with Crippen LogP contribution in [0.1, 0.15) is 0 Å². The molecule has 0 unspecified atom stereocenters. The third-order valence-corrected chi connectivity index (χ3v) is 3.59. The summed E-state index contributed by atoms with van der Waals surface area (Å²) in [5.74, 6) is 0.450. The van der Waals surface area contributed by atoms with E-state index in [2.05, 4.69) is 19.8 Å². The van der Waals surface area contributed by atoms with Gasteiger partial charge in [-0.25, -0.2) is 18.4 Å². The molecule has 0 spiro atoms. The first-order valence-corrected chi connectivity index (χ1v) is 7.37. The maximum atomic E-state index is 12.1. The summed E-state index contributed by atoms with van der Waals surface area (Å²) in [4.78, 5) is 8.03. The summed E-state index contributed by atoms with van der Waals surface area (Å²) < 4.78 is 61.7. The molecule has 2 aromatic heterocycles. The second kappa shape index (κ2) is 6.32. The normalized spacial score (nSPS) is 12.3. The molecule has 7 nitrogen and oxygen atoms in total. The predicted octanol–water partition coefficient (Wildman–Crippen LogP) is 1.05. The molecule has 0 amide bonds. The summed E-state index contributed by atoms with van der Waals surface area (Å²) >= 11 is 0. The lowest BCUT2D eigenvalue weighted by Gasteiger charge is -2.19. The van der Waals surface area contributed by atoms with Crippen molar-refractivity contribution in [2.75, 3.05) is 6.54 Å². The molecular weight excluding hydrogens is 323 g/mol. The minimum Gasteiger partial charge on any atom is -0.536 e. The van der Waals surface area contributed by atoms with E-state index in [0.29, 0.717) is 11.4 Å². The van der Waals surface area contributed by atoms with Crippen molar-refractivity contribution in [1.29, 1.82) is 0 Å². The molecule has 0 saturated carbocycles. The number of sulfonamides is 1.